The summed E-state index contributed by atoms with van der Waals surface area (Å²) in [5.41, 5.74) is 1.84. The maximum Gasteiger partial charge on any atom is 0.310 e. The number of amides is 1. The first-order valence-electron chi connectivity index (χ1n) is 8.68. The van der Waals surface area contributed by atoms with Gasteiger partial charge in [0, 0.05) is 16.1 Å². The van der Waals surface area contributed by atoms with Gasteiger partial charge in [-0.2, -0.15) is 0 Å². The second kappa shape index (κ2) is 9.90. The van der Waals surface area contributed by atoms with Crippen molar-refractivity contribution in [2.24, 2.45) is 0 Å². The van der Waals surface area contributed by atoms with Crippen LogP contribution in [-0.4, -0.2) is 31.4 Å². The molecule has 0 fully saturated rings. The van der Waals surface area contributed by atoms with E-state index in [0.717, 1.165) is 5.56 Å². The molecule has 2 aromatic rings. The van der Waals surface area contributed by atoms with E-state index in [1.165, 1.54) is 14.0 Å². The van der Waals surface area contributed by atoms with E-state index in [2.05, 4.69) is 5.32 Å². The van der Waals surface area contributed by atoms with Gasteiger partial charge in [0.1, 0.15) is 5.75 Å². The number of halogens is 1. The maximum absolute atomic E-state index is 12.1. The summed E-state index contributed by atoms with van der Waals surface area (Å²) in [7, 11) is 1.47. The summed E-state index contributed by atoms with van der Waals surface area (Å²) in [6.07, 6.45) is -0.110. The molecule has 0 aliphatic heterocycles. The Morgan fingerprint density at radius 1 is 1.14 bits per heavy atom. The number of ketones is 1. The lowest BCUT2D eigenvalue weighted by atomic mass is 10.0. The Kier molecular flexibility index (Phi) is 7.58. The van der Waals surface area contributed by atoms with Crippen molar-refractivity contribution in [3.05, 3.63) is 64.2 Å². The molecule has 6 nitrogen and oxygen atoms in total. The Balaban J connectivity index is 1.91. The zero-order valence-electron chi connectivity index (χ0n) is 16.0. The number of carbonyl (C=O) groups is 3. The van der Waals surface area contributed by atoms with Crippen LogP contribution in [0.4, 0.5) is 0 Å². The van der Waals surface area contributed by atoms with Crippen molar-refractivity contribution < 1.29 is 23.9 Å². The molecule has 2 aromatic carbocycles. The Morgan fingerprint density at radius 2 is 1.89 bits per heavy atom. The zero-order chi connectivity index (χ0) is 20.7. The first-order chi connectivity index (χ1) is 13.3. The monoisotopic (exact) mass is 403 g/mol. The lowest BCUT2D eigenvalue weighted by Crippen LogP contribution is -2.31. The van der Waals surface area contributed by atoms with Crippen molar-refractivity contribution in [1.82, 2.24) is 5.32 Å². The van der Waals surface area contributed by atoms with E-state index in [1.54, 1.807) is 36.4 Å². The largest absolute Gasteiger partial charge is 0.496 e. The lowest BCUT2D eigenvalue weighted by Gasteiger charge is -2.15. The van der Waals surface area contributed by atoms with Crippen LogP contribution >= 0.6 is 11.6 Å². The molecule has 0 aliphatic carbocycles. The molecular weight excluding hydrogens is 382 g/mol. The minimum Gasteiger partial charge on any atom is -0.496 e. The van der Waals surface area contributed by atoms with Gasteiger partial charge < -0.3 is 14.8 Å². The Bertz CT molecular complexity index is 881. The summed E-state index contributed by atoms with van der Waals surface area (Å²) in [5.74, 6) is -0.664. The molecular formula is C21H22ClNO5. The molecule has 0 saturated heterocycles. The zero-order valence-corrected chi connectivity index (χ0v) is 16.7. The van der Waals surface area contributed by atoms with Crippen LogP contribution in [-0.2, 0) is 20.7 Å². The fraction of sp³-hybridized carbons (Fsp3) is 0.286. The van der Waals surface area contributed by atoms with Gasteiger partial charge in [-0.1, -0.05) is 23.7 Å². The number of Topliss-reactive ketones (excluding diaryl/α,β-unsaturated/α-hetero) is 1. The number of hydrogen-bond donors (Lipinski definition) is 1. The normalized spacial score (nSPS) is 11.4. The molecule has 1 atom stereocenters. The highest BCUT2D eigenvalue weighted by Gasteiger charge is 2.15. The quantitative estimate of drug-likeness (QED) is 0.538. The van der Waals surface area contributed by atoms with E-state index in [1.807, 2.05) is 13.0 Å². The molecule has 0 heterocycles. The van der Waals surface area contributed by atoms with Crippen LogP contribution in [0.5, 0.6) is 5.75 Å². The van der Waals surface area contributed by atoms with Gasteiger partial charge in [0.15, 0.2) is 12.4 Å². The fourth-order valence-electron chi connectivity index (χ4n) is 2.63. The lowest BCUT2D eigenvalue weighted by molar-refractivity contribution is -0.148. The van der Waals surface area contributed by atoms with E-state index in [0.29, 0.717) is 21.9 Å². The van der Waals surface area contributed by atoms with Gasteiger partial charge >= 0.3 is 5.97 Å². The average molecular weight is 404 g/mol. The molecule has 148 valence electrons. The summed E-state index contributed by atoms with van der Waals surface area (Å²) in [4.78, 5) is 35.7. The number of hydrogen-bond acceptors (Lipinski definition) is 5. The minimum absolute atomic E-state index is 0.110. The standard InChI is InChI=1S/C21H22ClNO5/c1-13(15-5-4-6-18(22)10-15)23-20(25)12-28-21(26)11-17-9-16(14(2)24)7-8-19(17)27-3/h4-10,13H,11-12H2,1-3H3,(H,23,25)/t13-/m0/s1. The van der Waals surface area contributed by atoms with Crippen LogP contribution in [0.15, 0.2) is 42.5 Å². The van der Waals surface area contributed by atoms with Gasteiger partial charge in [0.05, 0.1) is 19.6 Å². The van der Waals surface area contributed by atoms with E-state index in [9.17, 15) is 14.4 Å². The van der Waals surface area contributed by atoms with E-state index in [-0.39, 0.29) is 18.2 Å². The molecule has 2 rings (SSSR count). The van der Waals surface area contributed by atoms with Crippen molar-refractivity contribution >= 4 is 29.3 Å². The number of ether oxygens (including phenoxy) is 2. The molecule has 28 heavy (non-hydrogen) atoms. The van der Waals surface area contributed by atoms with E-state index >= 15 is 0 Å². The van der Waals surface area contributed by atoms with Gasteiger partial charge in [0.25, 0.3) is 5.91 Å². The molecule has 0 bridgehead atoms. The molecule has 0 aromatic heterocycles. The molecule has 7 heteroatoms. The van der Waals surface area contributed by atoms with Gasteiger partial charge in [-0.15, -0.1) is 0 Å². The average Bonchev–Trinajstić information content (AvgIpc) is 2.66. The molecule has 0 unspecified atom stereocenters. The number of esters is 1. The van der Waals surface area contributed by atoms with Crippen molar-refractivity contribution in [2.45, 2.75) is 26.3 Å². The summed E-state index contributed by atoms with van der Waals surface area (Å²) in [6.45, 7) is 2.84. The highest BCUT2D eigenvalue weighted by molar-refractivity contribution is 6.30. The van der Waals surface area contributed by atoms with Crippen LogP contribution in [0.1, 0.15) is 41.4 Å². The molecule has 0 aliphatic rings. The summed E-state index contributed by atoms with van der Waals surface area (Å²) in [5, 5.41) is 3.32. The molecule has 0 radical (unpaired) electrons. The van der Waals surface area contributed by atoms with Gasteiger partial charge in [-0.3, -0.25) is 14.4 Å². The molecule has 0 spiro atoms. The van der Waals surface area contributed by atoms with Gasteiger partial charge in [-0.05, 0) is 49.7 Å². The maximum atomic E-state index is 12.1. The van der Waals surface area contributed by atoms with Crippen molar-refractivity contribution in [2.75, 3.05) is 13.7 Å². The third-order valence-electron chi connectivity index (χ3n) is 4.11. The topological polar surface area (TPSA) is 81.7 Å². The minimum atomic E-state index is -0.593. The Labute approximate surface area is 168 Å². The molecule has 0 saturated carbocycles. The molecule has 1 amide bonds. The molecule has 1 N–H and O–H groups in total. The van der Waals surface area contributed by atoms with Gasteiger partial charge in [0.2, 0.25) is 0 Å². The third-order valence-corrected chi connectivity index (χ3v) is 4.35. The van der Waals surface area contributed by atoms with Crippen LogP contribution in [0, 0.1) is 0 Å². The predicted molar refractivity (Wildman–Crippen MR) is 106 cm³/mol. The second-order valence-electron chi connectivity index (χ2n) is 6.26. The van der Waals surface area contributed by atoms with Crippen molar-refractivity contribution in [3.63, 3.8) is 0 Å². The fourth-order valence-corrected chi connectivity index (χ4v) is 2.83. The number of benzene rings is 2. The Hall–Kier alpha value is -2.86. The van der Waals surface area contributed by atoms with Crippen LogP contribution < -0.4 is 10.1 Å². The van der Waals surface area contributed by atoms with E-state index < -0.39 is 18.5 Å². The number of nitrogens with one attached hydrogen (secondary N) is 1. The summed E-state index contributed by atoms with van der Waals surface area (Å²) < 4.78 is 10.3. The first kappa shape index (κ1) is 21.4. The Morgan fingerprint density at radius 3 is 2.54 bits per heavy atom. The number of carbonyl (C=O) groups excluding carboxylic acids is 3. The van der Waals surface area contributed by atoms with Crippen molar-refractivity contribution in [1.29, 1.82) is 0 Å². The predicted octanol–water partition coefficient (Wildman–Crippen LogP) is 3.51. The van der Waals surface area contributed by atoms with Crippen LogP contribution in [0.3, 0.4) is 0 Å². The van der Waals surface area contributed by atoms with Crippen LogP contribution in [0.25, 0.3) is 0 Å². The third kappa shape index (κ3) is 6.09. The van der Waals surface area contributed by atoms with E-state index in [4.69, 9.17) is 21.1 Å². The van der Waals surface area contributed by atoms with Gasteiger partial charge in [-0.25, -0.2) is 0 Å². The SMILES string of the molecule is COc1ccc(C(C)=O)cc1CC(=O)OCC(=O)N[C@@H](C)c1cccc(Cl)c1. The number of methoxy groups -OCH3 is 1. The summed E-state index contributed by atoms with van der Waals surface area (Å²) in [6, 6.07) is 11.7. The highest BCUT2D eigenvalue weighted by atomic mass is 35.5. The first-order valence-corrected chi connectivity index (χ1v) is 9.06. The van der Waals surface area contributed by atoms with Crippen molar-refractivity contribution in [3.8, 4) is 5.75 Å². The van der Waals surface area contributed by atoms with Crippen LogP contribution in [0.2, 0.25) is 5.02 Å². The highest BCUT2D eigenvalue weighted by Crippen LogP contribution is 2.21. The smallest absolute Gasteiger partial charge is 0.310 e. The number of rotatable bonds is 8. The summed E-state index contributed by atoms with van der Waals surface area (Å²) >= 11 is 5.95. The second-order valence-corrected chi connectivity index (χ2v) is 6.70.